The van der Waals surface area contributed by atoms with Crippen molar-refractivity contribution in [1.82, 2.24) is 15.1 Å². The summed E-state index contributed by atoms with van der Waals surface area (Å²) in [6.45, 7) is 3.09. The molecule has 1 N–H and O–H groups in total. The van der Waals surface area contributed by atoms with E-state index in [4.69, 9.17) is 0 Å². The predicted octanol–water partition coefficient (Wildman–Crippen LogP) is 3.05. The van der Waals surface area contributed by atoms with Gasteiger partial charge >= 0.3 is 6.03 Å². The molecule has 4 nitrogen and oxygen atoms in total. The highest BCUT2D eigenvalue weighted by Crippen LogP contribution is 2.31. The van der Waals surface area contributed by atoms with Gasteiger partial charge in [-0.15, -0.1) is 11.3 Å². The number of thiophene rings is 1. The first-order valence-electron chi connectivity index (χ1n) is 8.63. The summed E-state index contributed by atoms with van der Waals surface area (Å²) in [5.41, 5.74) is 0. The monoisotopic (exact) mass is 319 g/mol. The molecule has 0 radical (unpaired) electrons. The predicted molar refractivity (Wildman–Crippen MR) is 89.0 cm³/mol. The Morgan fingerprint density at radius 3 is 2.59 bits per heavy atom. The van der Waals surface area contributed by atoms with Crippen LogP contribution in [0, 0.1) is 0 Å². The van der Waals surface area contributed by atoms with Crippen LogP contribution in [0.3, 0.4) is 0 Å². The van der Waals surface area contributed by atoms with Crippen molar-refractivity contribution in [3.8, 4) is 0 Å². The van der Waals surface area contributed by atoms with Gasteiger partial charge in [0.15, 0.2) is 0 Å². The molecular weight excluding hydrogens is 294 g/mol. The van der Waals surface area contributed by atoms with Gasteiger partial charge in [-0.1, -0.05) is 6.07 Å². The summed E-state index contributed by atoms with van der Waals surface area (Å²) in [6, 6.07) is 6.04. The average molecular weight is 319 g/mol. The van der Waals surface area contributed by atoms with Gasteiger partial charge in [-0.3, -0.25) is 0 Å². The Morgan fingerprint density at radius 1 is 1.23 bits per heavy atom. The number of likely N-dealkylation sites (tertiary alicyclic amines) is 1. The number of carbonyl (C=O) groups excluding carboxylic acids is 1. The summed E-state index contributed by atoms with van der Waals surface area (Å²) in [4.78, 5) is 18.6. The lowest BCUT2D eigenvalue weighted by molar-refractivity contribution is 0.165. The molecule has 22 heavy (non-hydrogen) atoms. The summed E-state index contributed by atoms with van der Waals surface area (Å²) in [6.07, 6.45) is 7.32. The SMILES string of the molecule is O=C(NC1CCN(C2CC2)CC1)N(Cc1cccs1)C1CC1. The second kappa shape index (κ2) is 6.20. The molecule has 120 valence electrons. The van der Waals surface area contributed by atoms with Gasteiger partial charge in [0.1, 0.15) is 0 Å². The van der Waals surface area contributed by atoms with E-state index in [0.29, 0.717) is 12.1 Å². The van der Waals surface area contributed by atoms with Gasteiger partial charge in [0, 0.05) is 36.1 Å². The molecular formula is C17H25N3OS. The number of nitrogens with one attached hydrogen (secondary N) is 1. The molecule has 0 spiro atoms. The lowest BCUT2D eigenvalue weighted by atomic mass is 10.1. The number of hydrogen-bond donors (Lipinski definition) is 1. The quantitative estimate of drug-likeness (QED) is 0.905. The van der Waals surface area contributed by atoms with E-state index in [1.54, 1.807) is 11.3 Å². The molecule has 1 aromatic heterocycles. The first-order valence-corrected chi connectivity index (χ1v) is 9.51. The molecule has 0 aromatic carbocycles. The first kappa shape index (κ1) is 14.5. The molecule has 2 saturated carbocycles. The van der Waals surface area contributed by atoms with Crippen molar-refractivity contribution in [1.29, 1.82) is 0 Å². The third-order valence-corrected chi connectivity index (χ3v) is 5.94. The van der Waals surface area contributed by atoms with Crippen molar-refractivity contribution >= 4 is 17.4 Å². The van der Waals surface area contributed by atoms with Crippen LogP contribution in [0.25, 0.3) is 0 Å². The second-order valence-corrected chi connectivity index (χ2v) is 7.96. The molecule has 0 atom stereocenters. The van der Waals surface area contributed by atoms with Crippen molar-refractivity contribution in [3.05, 3.63) is 22.4 Å². The highest BCUT2D eigenvalue weighted by Gasteiger charge is 2.35. The van der Waals surface area contributed by atoms with Crippen LogP contribution in [0.1, 0.15) is 43.4 Å². The average Bonchev–Trinajstić information content (AvgIpc) is 3.45. The van der Waals surface area contributed by atoms with Crippen LogP contribution in [0.5, 0.6) is 0 Å². The van der Waals surface area contributed by atoms with Crippen molar-refractivity contribution in [3.63, 3.8) is 0 Å². The highest BCUT2D eigenvalue weighted by atomic mass is 32.1. The molecule has 2 heterocycles. The van der Waals surface area contributed by atoms with Gasteiger partial charge in [-0.2, -0.15) is 0 Å². The molecule has 0 bridgehead atoms. The normalized spacial score (nSPS) is 23.5. The summed E-state index contributed by atoms with van der Waals surface area (Å²) >= 11 is 1.74. The largest absolute Gasteiger partial charge is 0.335 e. The fourth-order valence-electron chi connectivity index (χ4n) is 3.43. The Hall–Kier alpha value is -1.07. The zero-order chi connectivity index (χ0) is 14.9. The van der Waals surface area contributed by atoms with Gasteiger partial charge in [0.05, 0.1) is 6.54 Å². The van der Waals surface area contributed by atoms with E-state index in [9.17, 15) is 4.79 Å². The van der Waals surface area contributed by atoms with Crippen LogP contribution in [0.2, 0.25) is 0 Å². The lowest BCUT2D eigenvalue weighted by Crippen LogP contribution is -2.49. The highest BCUT2D eigenvalue weighted by molar-refractivity contribution is 7.09. The number of hydrogen-bond acceptors (Lipinski definition) is 3. The van der Waals surface area contributed by atoms with Crippen LogP contribution in [0.15, 0.2) is 17.5 Å². The Bertz CT molecular complexity index is 502. The van der Waals surface area contributed by atoms with Crippen LogP contribution in [-0.2, 0) is 6.54 Å². The van der Waals surface area contributed by atoms with Crippen molar-refractivity contribution in [2.45, 2.75) is 63.2 Å². The number of carbonyl (C=O) groups is 1. The van der Waals surface area contributed by atoms with Crippen LogP contribution in [-0.4, -0.2) is 47.0 Å². The Balaban J connectivity index is 1.30. The maximum atomic E-state index is 12.7. The van der Waals surface area contributed by atoms with E-state index in [0.717, 1.165) is 38.5 Å². The van der Waals surface area contributed by atoms with Gasteiger partial charge in [-0.05, 0) is 50.0 Å². The van der Waals surface area contributed by atoms with E-state index < -0.39 is 0 Å². The minimum atomic E-state index is 0.153. The minimum absolute atomic E-state index is 0.153. The van der Waals surface area contributed by atoms with E-state index in [-0.39, 0.29) is 6.03 Å². The van der Waals surface area contributed by atoms with E-state index in [2.05, 4.69) is 32.6 Å². The van der Waals surface area contributed by atoms with E-state index in [1.807, 2.05) is 0 Å². The van der Waals surface area contributed by atoms with E-state index in [1.165, 1.54) is 30.6 Å². The maximum absolute atomic E-state index is 12.7. The summed E-state index contributed by atoms with van der Waals surface area (Å²) < 4.78 is 0. The molecule has 1 saturated heterocycles. The first-order chi connectivity index (χ1) is 10.8. The molecule has 4 rings (SSSR count). The fraction of sp³-hybridized carbons (Fsp3) is 0.706. The van der Waals surface area contributed by atoms with Crippen LogP contribution in [0.4, 0.5) is 4.79 Å². The summed E-state index contributed by atoms with van der Waals surface area (Å²) in [5.74, 6) is 0. The topological polar surface area (TPSA) is 35.6 Å². The van der Waals surface area contributed by atoms with Gasteiger partial charge in [0.25, 0.3) is 0 Å². The van der Waals surface area contributed by atoms with Gasteiger partial charge in [-0.25, -0.2) is 4.79 Å². The molecule has 1 aliphatic heterocycles. The lowest BCUT2D eigenvalue weighted by Gasteiger charge is -2.33. The number of amides is 2. The Morgan fingerprint density at radius 2 is 2.00 bits per heavy atom. The summed E-state index contributed by atoms with van der Waals surface area (Å²) in [5, 5.41) is 5.39. The summed E-state index contributed by atoms with van der Waals surface area (Å²) in [7, 11) is 0. The number of piperidine rings is 1. The van der Waals surface area contributed by atoms with Crippen LogP contribution < -0.4 is 5.32 Å². The standard InChI is InChI=1S/C17H25N3OS/c21-17(18-13-7-9-19(10-8-13)14-3-4-14)20(15-5-6-15)12-16-2-1-11-22-16/h1-2,11,13-15H,3-10,12H2,(H,18,21). The minimum Gasteiger partial charge on any atom is -0.335 e. The fourth-order valence-corrected chi connectivity index (χ4v) is 4.13. The molecule has 1 aromatic rings. The zero-order valence-electron chi connectivity index (χ0n) is 13.0. The third-order valence-electron chi connectivity index (χ3n) is 5.08. The molecule has 0 unspecified atom stereocenters. The molecule has 2 aliphatic carbocycles. The molecule has 5 heteroatoms. The van der Waals surface area contributed by atoms with Crippen molar-refractivity contribution in [2.24, 2.45) is 0 Å². The Labute approximate surface area is 136 Å². The third kappa shape index (κ3) is 3.46. The van der Waals surface area contributed by atoms with E-state index >= 15 is 0 Å². The van der Waals surface area contributed by atoms with Gasteiger partial charge < -0.3 is 15.1 Å². The van der Waals surface area contributed by atoms with Crippen molar-refractivity contribution < 1.29 is 4.79 Å². The van der Waals surface area contributed by atoms with Crippen LogP contribution >= 0.6 is 11.3 Å². The maximum Gasteiger partial charge on any atom is 0.318 e. The van der Waals surface area contributed by atoms with Crippen molar-refractivity contribution in [2.75, 3.05) is 13.1 Å². The number of nitrogens with zero attached hydrogens (tertiary/aromatic N) is 2. The molecule has 3 aliphatic rings. The molecule has 2 amide bonds. The zero-order valence-corrected chi connectivity index (χ0v) is 13.9. The molecule has 3 fully saturated rings. The smallest absolute Gasteiger partial charge is 0.318 e. The van der Waals surface area contributed by atoms with Gasteiger partial charge in [0.2, 0.25) is 0 Å². The Kier molecular flexibility index (Phi) is 4.09. The number of urea groups is 1. The number of rotatable bonds is 5. The second-order valence-electron chi connectivity index (χ2n) is 6.93.